The first-order valence-electron chi connectivity index (χ1n) is 11.0. The molecule has 1 aliphatic heterocycles. The molecule has 1 aromatic carbocycles. The maximum Gasteiger partial charge on any atom is 0.119 e. The van der Waals surface area contributed by atoms with Gasteiger partial charge in [0.05, 0.1) is 13.2 Å². The number of hydrogen-bond donors (Lipinski definition) is 0. The zero-order valence-corrected chi connectivity index (χ0v) is 18.4. The van der Waals surface area contributed by atoms with Gasteiger partial charge in [-0.1, -0.05) is 45.7 Å². The highest BCUT2D eigenvalue weighted by Crippen LogP contribution is 2.36. The van der Waals surface area contributed by atoms with Crippen molar-refractivity contribution >= 4 is 11.8 Å². The van der Waals surface area contributed by atoms with Crippen molar-refractivity contribution in [3.05, 3.63) is 29.8 Å². The van der Waals surface area contributed by atoms with Crippen molar-refractivity contribution < 1.29 is 9.47 Å². The van der Waals surface area contributed by atoms with Crippen LogP contribution in [0, 0.1) is 11.8 Å². The summed E-state index contributed by atoms with van der Waals surface area (Å²) in [6.07, 6.45) is 10.6. The highest BCUT2D eigenvalue weighted by molar-refractivity contribution is 8.00. The van der Waals surface area contributed by atoms with Gasteiger partial charge in [-0.2, -0.15) is 11.8 Å². The van der Waals surface area contributed by atoms with Gasteiger partial charge in [0.2, 0.25) is 0 Å². The van der Waals surface area contributed by atoms with Crippen LogP contribution in [0.5, 0.6) is 5.75 Å². The van der Waals surface area contributed by atoms with E-state index in [-0.39, 0.29) is 0 Å². The first-order valence-corrected chi connectivity index (χ1v) is 11.9. The number of aryl methyl sites for hydroxylation is 1. The minimum Gasteiger partial charge on any atom is -0.490 e. The summed E-state index contributed by atoms with van der Waals surface area (Å²) < 4.78 is 11.9. The third-order valence-corrected chi connectivity index (χ3v) is 7.46. The van der Waals surface area contributed by atoms with Crippen molar-refractivity contribution in [2.45, 2.75) is 83.0 Å². The van der Waals surface area contributed by atoms with Crippen LogP contribution in [0.15, 0.2) is 24.3 Å². The van der Waals surface area contributed by atoms with Crippen LogP contribution in [0.1, 0.15) is 71.3 Å². The third kappa shape index (κ3) is 7.69. The van der Waals surface area contributed by atoms with E-state index in [1.165, 1.54) is 49.8 Å². The van der Waals surface area contributed by atoms with Crippen LogP contribution in [0.4, 0.5) is 0 Å². The molecule has 0 spiro atoms. The molecule has 0 aromatic heterocycles. The van der Waals surface area contributed by atoms with Gasteiger partial charge in [0.1, 0.15) is 11.9 Å². The fraction of sp³-hybridized carbons (Fsp3) is 0.750. The molecular weight excluding hydrogens is 352 g/mol. The van der Waals surface area contributed by atoms with Gasteiger partial charge >= 0.3 is 0 Å². The quantitative estimate of drug-likeness (QED) is 0.528. The van der Waals surface area contributed by atoms with Crippen LogP contribution in [0.3, 0.4) is 0 Å². The van der Waals surface area contributed by atoms with E-state index in [1.54, 1.807) is 0 Å². The molecule has 3 heteroatoms. The fourth-order valence-corrected chi connectivity index (χ4v) is 5.22. The molecule has 0 unspecified atom stereocenters. The van der Waals surface area contributed by atoms with E-state index in [0.717, 1.165) is 43.6 Å². The number of rotatable bonds is 7. The summed E-state index contributed by atoms with van der Waals surface area (Å²) in [5, 5.41) is 0. The van der Waals surface area contributed by atoms with Crippen LogP contribution >= 0.6 is 11.8 Å². The number of benzene rings is 1. The lowest BCUT2D eigenvalue weighted by atomic mass is 9.80. The van der Waals surface area contributed by atoms with E-state index >= 15 is 0 Å². The molecule has 2 fully saturated rings. The van der Waals surface area contributed by atoms with Crippen molar-refractivity contribution in [1.29, 1.82) is 0 Å². The van der Waals surface area contributed by atoms with Crippen molar-refractivity contribution in [3.63, 3.8) is 0 Å². The van der Waals surface area contributed by atoms with E-state index in [2.05, 4.69) is 56.8 Å². The van der Waals surface area contributed by atoms with Gasteiger partial charge in [-0.05, 0) is 61.0 Å². The first-order chi connectivity index (χ1) is 13.0. The molecule has 1 heterocycles. The second-order valence-electron chi connectivity index (χ2n) is 9.42. The van der Waals surface area contributed by atoms with E-state index in [0.29, 0.717) is 10.9 Å². The minimum atomic E-state index is 0.330. The van der Waals surface area contributed by atoms with Crippen molar-refractivity contribution in [3.8, 4) is 5.75 Å². The summed E-state index contributed by atoms with van der Waals surface area (Å²) in [5.74, 6) is 4.25. The largest absolute Gasteiger partial charge is 0.490 e. The molecule has 2 aliphatic rings. The second-order valence-corrected chi connectivity index (χ2v) is 11.3. The van der Waals surface area contributed by atoms with E-state index in [1.807, 2.05) is 0 Å². The highest BCUT2D eigenvalue weighted by Gasteiger charge is 2.23. The standard InChI is InChI=1S/C24H38O2S/c1-24(2,3)27-18-21-8-6-19(7-9-21)4-5-20-10-12-22(13-11-20)26-23-14-16-25-17-15-23/h10-13,19,21,23H,4-9,14-18H2,1-3H3. The molecule has 0 N–H and O–H groups in total. The average Bonchev–Trinajstić information content (AvgIpc) is 2.67. The third-order valence-electron chi connectivity index (χ3n) is 5.95. The van der Waals surface area contributed by atoms with Crippen LogP contribution < -0.4 is 4.74 Å². The number of thioether (sulfide) groups is 1. The Bertz CT molecular complexity index is 534. The molecule has 0 radical (unpaired) electrons. The Balaban J connectivity index is 1.34. The zero-order valence-electron chi connectivity index (χ0n) is 17.5. The maximum absolute atomic E-state index is 6.08. The Morgan fingerprint density at radius 1 is 0.926 bits per heavy atom. The summed E-state index contributed by atoms with van der Waals surface area (Å²) in [6, 6.07) is 8.84. The van der Waals surface area contributed by atoms with Crippen LogP contribution in [0.2, 0.25) is 0 Å². The molecule has 2 nitrogen and oxygen atoms in total. The van der Waals surface area contributed by atoms with Crippen LogP contribution in [0.25, 0.3) is 0 Å². The molecule has 1 aromatic rings. The normalized spacial score (nSPS) is 24.7. The first kappa shape index (κ1) is 21.0. The van der Waals surface area contributed by atoms with Crippen molar-refractivity contribution in [1.82, 2.24) is 0 Å². The van der Waals surface area contributed by atoms with Crippen LogP contribution in [-0.2, 0) is 11.2 Å². The predicted octanol–water partition coefficient (Wildman–Crippen LogP) is 6.52. The molecule has 0 amide bonds. The van der Waals surface area contributed by atoms with Gasteiger partial charge in [-0.3, -0.25) is 0 Å². The lowest BCUT2D eigenvalue weighted by molar-refractivity contribution is 0.0255. The SMILES string of the molecule is CC(C)(C)SCC1CCC(CCc2ccc(OC3CCOCC3)cc2)CC1. The lowest BCUT2D eigenvalue weighted by Crippen LogP contribution is -2.25. The van der Waals surface area contributed by atoms with Crippen LogP contribution in [-0.4, -0.2) is 29.8 Å². The average molecular weight is 391 g/mol. The Morgan fingerprint density at radius 2 is 1.56 bits per heavy atom. The minimum absolute atomic E-state index is 0.330. The molecule has 3 rings (SSSR count). The Morgan fingerprint density at radius 3 is 2.19 bits per heavy atom. The van der Waals surface area contributed by atoms with Gasteiger partial charge in [0.15, 0.2) is 0 Å². The number of hydrogen-bond acceptors (Lipinski definition) is 3. The van der Waals surface area contributed by atoms with Gasteiger partial charge in [-0.15, -0.1) is 0 Å². The van der Waals surface area contributed by atoms with E-state index < -0.39 is 0 Å². The maximum atomic E-state index is 6.08. The molecule has 1 saturated carbocycles. The van der Waals surface area contributed by atoms with Gasteiger partial charge in [0, 0.05) is 17.6 Å². The fourth-order valence-electron chi connectivity index (χ4n) is 4.15. The van der Waals surface area contributed by atoms with Gasteiger partial charge in [0.25, 0.3) is 0 Å². The second kappa shape index (κ2) is 10.2. The van der Waals surface area contributed by atoms with E-state index in [9.17, 15) is 0 Å². The van der Waals surface area contributed by atoms with Gasteiger partial charge in [-0.25, -0.2) is 0 Å². The van der Waals surface area contributed by atoms with Crippen molar-refractivity contribution in [2.24, 2.45) is 11.8 Å². The van der Waals surface area contributed by atoms with Crippen molar-refractivity contribution in [2.75, 3.05) is 19.0 Å². The van der Waals surface area contributed by atoms with Gasteiger partial charge < -0.3 is 9.47 Å². The number of ether oxygens (including phenoxy) is 2. The molecule has 0 bridgehead atoms. The Kier molecular flexibility index (Phi) is 7.96. The monoisotopic (exact) mass is 390 g/mol. The molecule has 1 saturated heterocycles. The summed E-state index contributed by atoms with van der Waals surface area (Å²) >= 11 is 2.15. The summed E-state index contributed by atoms with van der Waals surface area (Å²) in [5.41, 5.74) is 1.46. The summed E-state index contributed by atoms with van der Waals surface area (Å²) in [7, 11) is 0. The summed E-state index contributed by atoms with van der Waals surface area (Å²) in [4.78, 5) is 0. The highest BCUT2D eigenvalue weighted by atomic mass is 32.2. The molecular formula is C24H38O2S. The lowest BCUT2D eigenvalue weighted by Gasteiger charge is -2.30. The molecule has 27 heavy (non-hydrogen) atoms. The Hall–Kier alpha value is -0.670. The topological polar surface area (TPSA) is 18.5 Å². The predicted molar refractivity (Wildman–Crippen MR) is 117 cm³/mol. The molecule has 1 aliphatic carbocycles. The van der Waals surface area contributed by atoms with E-state index in [4.69, 9.17) is 9.47 Å². The molecule has 152 valence electrons. The molecule has 0 atom stereocenters. The summed E-state index contributed by atoms with van der Waals surface area (Å²) in [6.45, 7) is 8.68. The zero-order chi connectivity index (χ0) is 19.1. The Labute approximate surface area is 170 Å². The smallest absolute Gasteiger partial charge is 0.119 e.